The van der Waals surface area contributed by atoms with Gasteiger partial charge in [0.1, 0.15) is 5.82 Å². The maximum Gasteiger partial charge on any atom is 0.237 e. The summed E-state index contributed by atoms with van der Waals surface area (Å²) in [5.74, 6) is 0.818. The van der Waals surface area contributed by atoms with Gasteiger partial charge in [0, 0.05) is 19.2 Å². The standard InChI is InChI=1S/C23H22N4OS/c1-16(22(28)24-20-13-12-18-10-6-7-11-19(18)15-20)29-23-26-25-21(27(23)2)14-17-8-4-3-5-9-17/h3-13,15-16H,14H2,1-2H3,(H,24,28)/t16-/m1/s1. The fourth-order valence-electron chi connectivity index (χ4n) is 3.10. The third-order valence-corrected chi connectivity index (χ3v) is 5.93. The number of benzene rings is 3. The van der Waals surface area contributed by atoms with Gasteiger partial charge in [-0.3, -0.25) is 4.79 Å². The molecule has 0 bridgehead atoms. The van der Waals surface area contributed by atoms with E-state index in [1.165, 1.54) is 17.3 Å². The van der Waals surface area contributed by atoms with Crippen LogP contribution in [0, 0.1) is 0 Å². The number of thioether (sulfide) groups is 1. The highest BCUT2D eigenvalue weighted by Crippen LogP contribution is 2.24. The molecule has 0 spiro atoms. The van der Waals surface area contributed by atoms with Crippen LogP contribution in [0.25, 0.3) is 10.8 Å². The molecule has 4 aromatic rings. The van der Waals surface area contributed by atoms with Gasteiger partial charge in [-0.25, -0.2) is 0 Å². The summed E-state index contributed by atoms with van der Waals surface area (Å²) in [6.45, 7) is 1.88. The molecule has 1 amide bonds. The third-order valence-electron chi connectivity index (χ3n) is 4.80. The molecule has 4 rings (SSSR count). The highest BCUT2D eigenvalue weighted by atomic mass is 32.2. The van der Waals surface area contributed by atoms with Gasteiger partial charge in [-0.05, 0) is 35.4 Å². The molecule has 0 aliphatic rings. The van der Waals surface area contributed by atoms with Gasteiger partial charge in [0.25, 0.3) is 0 Å². The Morgan fingerprint density at radius 1 is 1.00 bits per heavy atom. The first-order chi connectivity index (χ1) is 14.1. The number of amides is 1. The lowest BCUT2D eigenvalue weighted by Crippen LogP contribution is -2.22. The van der Waals surface area contributed by atoms with Crippen LogP contribution in [-0.2, 0) is 18.3 Å². The predicted molar refractivity (Wildman–Crippen MR) is 118 cm³/mol. The lowest BCUT2D eigenvalue weighted by molar-refractivity contribution is -0.115. The number of aromatic nitrogens is 3. The second kappa shape index (κ2) is 8.49. The Hall–Kier alpha value is -3.12. The summed E-state index contributed by atoms with van der Waals surface area (Å²) in [4.78, 5) is 12.7. The van der Waals surface area contributed by atoms with Crippen molar-refractivity contribution in [2.75, 3.05) is 5.32 Å². The molecular weight excluding hydrogens is 380 g/mol. The zero-order valence-corrected chi connectivity index (χ0v) is 17.2. The van der Waals surface area contributed by atoms with Crippen LogP contribution in [0.5, 0.6) is 0 Å². The van der Waals surface area contributed by atoms with Crippen LogP contribution in [0.2, 0.25) is 0 Å². The van der Waals surface area contributed by atoms with Gasteiger partial charge in [-0.2, -0.15) is 0 Å². The quantitative estimate of drug-likeness (QED) is 0.476. The number of carbonyl (C=O) groups is 1. The van der Waals surface area contributed by atoms with Gasteiger partial charge in [0.05, 0.1) is 5.25 Å². The van der Waals surface area contributed by atoms with Crippen molar-refractivity contribution in [1.82, 2.24) is 14.8 Å². The van der Waals surface area contributed by atoms with E-state index < -0.39 is 0 Å². The Labute approximate surface area is 174 Å². The first-order valence-corrected chi connectivity index (χ1v) is 10.4. The number of anilines is 1. The fourth-order valence-corrected chi connectivity index (χ4v) is 3.94. The average molecular weight is 403 g/mol. The minimum Gasteiger partial charge on any atom is -0.325 e. The molecule has 0 aliphatic heterocycles. The predicted octanol–water partition coefficient (Wildman–Crippen LogP) is 4.68. The summed E-state index contributed by atoms with van der Waals surface area (Å²) in [7, 11) is 1.94. The van der Waals surface area contributed by atoms with Crippen molar-refractivity contribution in [3.63, 3.8) is 0 Å². The molecule has 146 valence electrons. The number of fused-ring (bicyclic) bond motifs is 1. The number of carbonyl (C=O) groups excluding carboxylic acids is 1. The van der Waals surface area contributed by atoms with Crippen LogP contribution in [0.15, 0.2) is 78.0 Å². The highest BCUT2D eigenvalue weighted by molar-refractivity contribution is 8.00. The molecule has 29 heavy (non-hydrogen) atoms. The molecule has 0 radical (unpaired) electrons. The van der Waals surface area contributed by atoms with Crippen molar-refractivity contribution in [2.45, 2.75) is 23.8 Å². The van der Waals surface area contributed by atoms with Crippen LogP contribution in [0.3, 0.4) is 0 Å². The minimum atomic E-state index is -0.297. The van der Waals surface area contributed by atoms with Crippen molar-refractivity contribution >= 4 is 34.1 Å². The molecule has 0 saturated heterocycles. The number of nitrogens with zero attached hydrogens (tertiary/aromatic N) is 3. The van der Waals surface area contributed by atoms with Crippen molar-refractivity contribution in [2.24, 2.45) is 7.05 Å². The molecule has 1 heterocycles. The molecule has 1 aromatic heterocycles. The molecule has 3 aromatic carbocycles. The number of rotatable bonds is 6. The second-order valence-electron chi connectivity index (χ2n) is 6.93. The van der Waals surface area contributed by atoms with Crippen LogP contribution in [0.1, 0.15) is 18.3 Å². The van der Waals surface area contributed by atoms with E-state index in [0.717, 1.165) is 27.4 Å². The first kappa shape index (κ1) is 19.2. The number of hydrogen-bond acceptors (Lipinski definition) is 4. The van der Waals surface area contributed by atoms with E-state index in [9.17, 15) is 4.79 Å². The molecule has 5 nitrogen and oxygen atoms in total. The van der Waals surface area contributed by atoms with E-state index in [-0.39, 0.29) is 11.2 Å². The normalized spacial score (nSPS) is 12.1. The fraction of sp³-hybridized carbons (Fsp3) is 0.174. The Morgan fingerprint density at radius 3 is 2.52 bits per heavy atom. The zero-order chi connectivity index (χ0) is 20.2. The van der Waals surface area contributed by atoms with E-state index in [1.54, 1.807) is 0 Å². The zero-order valence-electron chi connectivity index (χ0n) is 16.4. The summed E-state index contributed by atoms with van der Waals surface area (Å²) in [5, 5.41) is 14.3. The van der Waals surface area contributed by atoms with Crippen LogP contribution in [0.4, 0.5) is 5.69 Å². The van der Waals surface area contributed by atoms with E-state index in [4.69, 9.17) is 0 Å². The van der Waals surface area contributed by atoms with Gasteiger partial charge in [-0.1, -0.05) is 72.4 Å². The topological polar surface area (TPSA) is 59.8 Å². The number of hydrogen-bond donors (Lipinski definition) is 1. The lowest BCUT2D eigenvalue weighted by Gasteiger charge is -2.12. The van der Waals surface area contributed by atoms with Crippen molar-refractivity contribution in [3.8, 4) is 0 Å². The monoisotopic (exact) mass is 402 g/mol. The van der Waals surface area contributed by atoms with Crippen LogP contribution in [-0.4, -0.2) is 25.9 Å². The molecule has 0 unspecified atom stereocenters. The summed E-state index contributed by atoms with van der Waals surface area (Å²) >= 11 is 1.41. The summed E-state index contributed by atoms with van der Waals surface area (Å²) in [5.41, 5.74) is 1.98. The van der Waals surface area contributed by atoms with Gasteiger partial charge in [-0.15, -0.1) is 10.2 Å². The summed E-state index contributed by atoms with van der Waals surface area (Å²) < 4.78 is 1.96. The molecule has 0 aliphatic carbocycles. The largest absolute Gasteiger partial charge is 0.325 e. The van der Waals surface area contributed by atoms with Crippen molar-refractivity contribution in [1.29, 1.82) is 0 Å². The maximum absolute atomic E-state index is 12.7. The van der Waals surface area contributed by atoms with Crippen LogP contribution < -0.4 is 5.32 Å². The molecular formula is C23H22N4OS. The van der Waals surface area contributed by atoms with Gasteiger partial charge in [0.2, 0.25) is 5.91 Å². The Bertz CT molecular complexity index is 1140. The smallest absolute Gasteiger partial charge is 0.237 e. The second-order valence-corrected chi connectivity index (χ2v) is 8.24. The van der Waals surface area contributed by atoms with Crippen molar-refractivity contribution < 1.29 is 4.79 Å². The number of nitrogens with one attached hydrogen (secondary N) is 1. The minimum absolute atomic E-state index is 0.0575. The molecule has 0 saturated carbocycles. The molecule has 6 heteroatoms. The SMILES string of the molecule is C[C@@H](Sc1nnc(Cc2ccccc2)n1C)C(=O)Nc1ccc2ccccc2c1. The van der Waals surface area contributed by atoms with E-state index >= 15 is 0 Å². The van der Waals surface area contributed by atoms with Crippen LogP contribution >= 0.6 is 11.8 Å². The van der Waals surface area contributed by atoms with Gasteiger partial charge in [0.15, 0.2) is 5.16 Å². The Balaban J connectivity index is 1.42. The van der Waals surface area contributed by atoms with E-state index in [0.29, 0.717) is 6.42 Å². The van der Waals surface area contributed by atoms with Crippen molar-refractivity contribution in [3.05, 3.63) is 84.2 Å². The first-order valence-electron chi connectivity index (χ1n) is 9.48. The summed E-state index contributed by atoms with van der Waals surface area (Å²) in [6.07, 6.45) is 0.711. The Morgan fingerprint density at radius 2 is 1.72 bits per heavy atom. The lowest BCUT2D eigenvalue weighted by atomic mass is 10.1. The molecule has 1 N–H and O–H groups in total. The Kier molecular flexibility index (Phi) is 5.62. The van der Waals surface area contributed by atoms with E-state index in [2.05, 4.69) is 33.7 Å². The highest BCUT2D eigenvalue weighted by Gasteiger charge is 2.19. The molecule has 1 atom stereocenters. The third kappa shape index (κ3) is 4.49. The molecule has 0 fully saturated rings. The average Bonchev–Trinajstić information content (AvgIpc) is 3.08. The van der Waals surface area contributed by atoms with Gasteiger partial charge >= 0.3 is 0 Å². The summed E-state index contributed by atoms with van der Waals surface area (Å²) in [6, 6.07) is 24.2. The van der Waals surface area contributed by atoms with Gasteiger partial charge < -0.3 is 9.88 Å². The maximum atomic E-state index is 12.7. The van der Waals surface area contributed by atoms with E-state index in [1.807, 2.05) is 73.1 Å².